The van der Waals surface area contributed by atoms with Gasteiger partial charge in [-0.05, 0) is 18.2 Å². The summed E-state index contributed by atoms with van der Waals surface area (Å²) in [4.78, 5) is 24.8. The summed E-state index contributed by atoms with van der Waals surface area (Å²) < 4.78 is 13.1. The van der Waals surface area contributed by atoms with E-state index in [1.807, 2.05) is 4.90 Å². The van der Waals surface area contributed by atoms with Crippen molar-refractivity contribution >= 4 is 17.5 Å². The average molecular weight is 234 g/mol. The molecule has 0 spiro atoms. The highest BCUT2D eigenvalue weighted by atomic mass is 19.1. The van der Waals surface area contributed by atoms with Crippen molar-refractivity contribution in [3.63, 3.8) is 0 Å². The molecule has 2 aliphatic rings. The molecule has 3 rings (SSSR count). The fourth-order valence-corrected chi connectivity index (χ4v) is 2.53. The zero-order chi connectivity index (χ0) is 12.0. The second-order valence-electron chi connectivity index (χ2n) is 4.45. The molecule has 0 saturated carbocycles. The Kier molecular flexibility index (Phi) is 2.14. The van der Waals surface area contributed by atoms with Crippen LogP contribution >= 0.6 is 0 Å². The minimum atomic E-state index is -0.310. The Morgan fingerprint density at radius 2 is 1.82 bits per heavy atom. The van der Waals surface area contributed by atoms with Crippen LogP contribution in [-0.2, 0) is 9.59 Å². The number of anilines is 1. The molecule has 1 aromatic rings. The van der Waals surface area contributed by atoms with Gasteiger partial charge >= 0.3 is 0 Å². The third kappa shape index (κ3) is 1.58. The normalized spacial score (nSPS) is 27.2. The molecule has 1 N–H and O–H groups in total. The molecule has 2 atom stereocenters. The van der Waals surface area contributed by atoms with Crippen LogP contribution in [0.3, 0.4) is 0 Å². The van der Waals surface area contributed by atoms with Crippen molar-refractivity contribution in [2.75, 3.05) is 18.0 Å². The van der Waals surface area contributed by atoms with E-state index in [0.717, 1.165) is 5.69 Å². The molecule has 2 fully saturated rings. The van der Waals surface area contributed by atoms with Crippen molar-refractivity contribution < 1.29 is 14.0 Å². The summed E-state index contributed by atoms with van der Waals surface area (Å²) in [6, 6.07) is 6.20. The van der Waals surface area contributed by atoms with Crippen LogP contribution < -0.4 is 10.2 Å². The smallest absolute Gasteiger partial charge is 0.232 e. The number of amides is 2. The fourth-order valence-electron chi connectivity index (χ4n) is 2.53. The van der Waals surface area contributed by atoms with E-state index in [9.17, 15) is 14.0 Å². The highest BCUT2D eigenvalue weighted by Gasteiger charge is 2.47. The Hall–Kier alpha value is -1.91. The Balaban J connectivity index is 1.85. The summed E-state index contributed by atoms with van der Waals surface area (Å²) in [5, 5.41) is 2.32. The molecular weight excluding hydrogens is 223 g/mol. The second-order valence-corrected chi connectivity index (χ2v) is 4.45. The van der Waals surface area contributed by atoms with Crippen molar-refractivity contribution in [2.45, 2.75) is 0 Å². The predicted octanol–water partition coefficient (Wildman–Crippen LogP) is 0.534. The minimum Gasteiger partial charge on any atom is -0.370 e. The zero-order valence-corrected chi connectivity index (χ0v) is 9.02. The average Bonchev–Trinajstić information content (AvgIpc) is 2.82. The van der Waals surface area contributed by atoms with Crippen LogP contribution in [0.25, 0.3) is 0 Å². The van der Waals surface area contributed by atoms with Crippen LogP contribution in [0.2, 0.25) is 0 Å². The maximum atomic E-state index is 13.1. The molecule has 4 nitrogen and oxygen atoms in total. The van der Waals surface area contributed by atoms with E-state index >= 15 is 0 Å². The van der Waals surface area contributed by atoms with Gasteiger partial charge in [-0.2, -0.15) is 0 Å². The lowest BCUT2D eigenvalue weighted by molar-refractivity contribution is -0.126. The lowest BCUT2D eigenvalue weighted by Gasteiger charge is -2.19. The fraction of sp³-hybridized carbons (Fsp3) is 0.333. The summed E-state index contributed by atoms with van der Waals surface area (Å²) in [6.45, 7) is 0.956. The molecule has 2 saturated heterocycles. The Morgan fingerprint density at radius 1 is 1.18 bits per heavy atom. The van der Waals surface area contributed by atoms with E-state index in [-0.39, 0.29) is 29.5 Å². The Bertz CT molecular complexity index is 481. The molecule has 1 aromatic carbocycles. The van der Waals surface area contributed by atoms with Gasteiger partial charge in [0.2, 0.25) is 11.8 Å². The maximum absolute atomic E-state index is 13.1. The van der Waals surface area contributed by atoms with Crippen molar-refractivity contribution in [3.8, 4) is 0 Å². The van der Waals surface area contributed by atoms with Crippen molar-refractivity contribution in [3.05, 3.63) is 30.1 Å². The number of hydrogen-bond acceptors (Lipinski definition) is 3. The first-order valence-electron chi connectivity index (χ1n) is 5.50. The van der Waals surface area contributed by atoms with E-state index in [4.69, 9.17) is 0 Å². The first-order chi connectivity index (χ1) is 8.15. The number of nitrogens with zero attached hydrogens (tertiary/aromatic N) is 1. The van der Waals surface area contributed by atoms with Gasteiger partial charge in [-0.3, -0.25) is 14.9 Å². The highest BCUT2D eigenvalue weighted by Crippen LogP contribution is 2.31. The first kappa shape index (κ1) is 10.3. The van der Waals surface area contributed by atoms with Crippen LogP contribution in [0.5, 0.6) is 0 Å². The number of benzene rings is 1. The van der Waals surface area contributed by atoms with Crippen LogP contribution in [0.15, 0.2) is 24.3 Å². The van der Waals surface area contributed by atoms with Crippen molar-refractivity contribution in [2.24, 2.45) is 11.8 Å². The van der Waals surface area contributed by atoms with E-state index in [1.165, 1.54) is 12.1 Å². The summed E-state index contributed by atoms with van der Waals surface area (Å²) >= 11 is 0. The largest absolute Gasteiger partial charge is 0.370 e. The molecule has 0 unspecified atom stereocenters. The van der Waals surface area contributed by atoms with Gasteiger partial charge < -0.3 is 4.90 Å². The quantitative estimate of drug-likeness (QED) is 0.721. The third-order valence-corrected chi connectivity index (χ3v) is 3.41. The van der Waals surface area contributed by atoms with Gasteiger partial charge in [-0.1, -0.05) is 6.07 Å². The third-order valence-electron chi connectivity index (χ3n) is 3.41. The van der Waals surface area contributed by atoms with Crippen molar-refractivity contribution in [1.29, 1.82) is 0 Å². The molecular formula is C12H11FN2O2. The number of halogens is 1. The second kappa shape index (κ2) is 3.55. The van der Waals surface area contributed by atoms with Gasteiger partial charge in [0.05, 0.1) is 11.8 Å². The van der Waals surface area contributed by atoms with Gasteiger partial charge in [0, 0.05) is 18.8 Å². The SMILES string of the molecule is O=C1NC(=O)[C@@H]2CN(c3cccc(F)c3)C[C@H]12. The number of fused-ring (bicyclic) bond motifs is 1. The summed E-state index contributed by atoms with van der Waals surface area (Å²) in [5.74, 6) is -1.30. The summed E-state index contributed by atoms with van der Waals surface area (Å²) in [7, 11) is 0. The maximum Gasteiger partial charge on any atom is 0.232 e. The number of rotatable bonds is 1. The molecule has 2 heterocycles. The molecule has 0 aromatic heterocycles. The molecule has 0 bridgehead atoms. The molecule has 0 radical (unpaired) electrons. The molecule has 88 valence electrons. The van der Waals surface area contributed by atoms with Crippen LogP contribution in [0, 0.1) is 17.7 Å². The molecule has 2 aliphatic heterocycles. The number of carbonyl (C=O) groups excluding carboxylic acids is 2. The lowest BCUT2D eigenvalue weighted by atomic mass is 10.00. The lowest BCUT2D eigenvalue weighted by Crippen LogP contribution is -2.31. The van der Waals surface area contributed by atoms with E-state index in [2.05, 4.69) is 5.32 Å². The number of hydrogen-bond donors (Lipinski definition) is 1. The number of nitrogens with one attached hydrogen (secondary N) is 1. The van der Waals surface area contributed by atoms with E-state index in [1.54, 1.807) is 12.1 Å². The van der Waals surface area contributed by atoms with Crippen molar-refractivity contribution in [1.82, 2.24) is 5.32 Å². The summed E-state index contributed by atoms with van der Waals surface area (Å²) in [6.07, 6.45) is 0. The highest BCUT2D eigenvalue weighted by molar-refractivity contribution is 6.06. The monoisotopic (exact) mass is 234 g/mol. The van der Waals surface area contributed by atoms with Gasteiger partial charge in [-0.25, -0.2) is 4.39 Å². The Morgan fingerprint density at radius 3 is 2.41 bits per heavy atom. The van der Waals surface area contributed by atoms with Crippen LogP contribution in [0.4, 0.5) is 10.1 Å². The molecule has 2 amide bonds. The molecule has 17 heavy (non-hydrogen) atoms. The van der Waals surface area contributed by atoms with Crippen LogP contribution in [-0.4, -0.2) is 24.9 Å². The molecule has 5 heteroatoms. The zero-order valence-electron chi connectivity index (χ0n) is 9.02. The Labute approximate surface area is 97.4 Å². The molecule has 0 aliphatic carbocycles. The standard InChI is InChI=1S/C12H11FN2O2/c13-7-2-1-3-8(4-7)15-5-9-10(6-15)12(17)14-11(9)16/h1-4,9-10H,5-6H2,(H,14,16,17)/t9-,10+. The minimum absolute atomic E-state index is 0.209. The van der Waals surface area contributed by atoms with Crippen LogP contribution in [0.1, 0.15) is 0 Å². The van der Waals surface area contributed by atoms with Gasteiger partial charge in [0.15, 0.2) is 0 Å². The van der Waals surface area contributed by atoms with Gasteiger partial charge in [0.1, 0.15) is 5.82 Å². The van der Waals surface area contributed by atoms with Gasteiger partial charge in [-0.15, -0.1) is 0 Å². The van der Waals surface area contributed by atoms with E-state index < -0.39 is 0 Å². The van der Waals surface area contributed by atoms with Gasteiger partial charge in [0.25, 0.3) is 0 Å². The number of imide groups is 1. The van der Waals surface area contributed by atoms with E-state index in [0.29, 0.717) is 13.1 Å². The number of carbonyl (C=O) groups is 2. The topological polar surface area (TPSA) is 49.4 Å². The predicted molar refractivity (Wildman–Crippen MR) is 58.7 cm³/mol. The summed E-state index contributed by atoms with van der Waals surface area (Å²) in [5.41, 5.74) is 0.722. The first-order valence-corrected chi connectivity index (χ1v) is 5.50.